The Morgan fingerprint density at radius 1 is 1.43 bits per heavy atom. The van der Waals surface area contributed by atoms with Gasteiger partial charge in [-0.05, 0) is 24.3 Å². The lowest BCUT2D eigenvalue weighted by Crippen LogP contribution is -2.38. The van der Waals surface area contributed by atoms with Gasteiger partial charge in [-0.1, -0.05) is 18.9 Å². The van der Waals surface area contributed by atoms with Gasteiger partial charge in [0, 0.05) is 22.8 Å². The van der Waals surface area contributed by atoms with E-state index in [1.807, 2.05) is 11.3 Å². The molecule has 2 unspecified atom stereocenters. The average molecular weight is 230 g/mol. The zero-order valence-corrected chi connectivity index (χ0v) is 9.78. The normalized spacial score (nSPS) is 27.8. The van der Waals surface area contributed by atoms with E-state index in [2.05, 4.69) is 22.8 Å². The van der Waals surface area contributed by atoms with Crippen LogP contribution in [-0.2, 0) is 6.54 Å². The Morgan fingerprint density at radius 2 is 2.29 bits per heavy atom. The molecule has 1 aliphatic carbocycles. The second-order valence-electron chi connectivity index (χ2n) is 3.87. The Morgan fingerprint density at radius 3 is 3.00 bits per heavy atom. The summed E-state index contributed by atoms with van der Waals surface area (Å²) in [7, 11) is 0. The lowest BCUT2D eigenvalue weighted by Gasteiger charge is -2.27. The third-order valence-electron chi connectivity index (χ3n) is 2.80. The van der Waals surface area contributed by atoms with Crippen molar-refractivity contribution >= 4 is 22.9 Å². The third-order valence-corrected chi connectivity index (χ3v) is 4.20. The molecule has 0 amide bonds. The summed E-state index contributed by atoms with van der Waals surface area (Å²) in [6, 6.07) is 4.79. The average Bonchev–Trinajstić information content (AvgIpc) is 2.69. The molecule has 0 saturated heterocycles. The van der Waals surface area contributed by atoms with E-state index in [4.69, 9.17) is 11.6 Å². The summed E-state index contributed by atoms with van der Waals surface area (Å²) >= 11 is 8.07. The maximum Gasteiger partial charge on any atom is 0.0489 e. The van der Waals surface area contributed by atoms with Crippen LogP contribution < -0.4 is 5.32 Å². The molecule has 1 nitrogen and oxygen atoms in total. The van der Waals surface area contributed by atoms with Gasteiger partial charge >= 0.3 is 0 Å². The van der Waals surface area contributed by atoms with Crippen LogP contribution in [0.25, 0.3) is 0 Å². The van der Waals surface area contributed by atoms with Crippen molar-refractivity contribution < 1.29 is 0 Å². The quantitative estimate of drug-likeness (QED) is 0.784. The number of halogens is 1. The first kappa shape index (κ1) is 10.5. The molecule has 0 spiro atoms. The van der Waals surface area contributed by atoms with Gasteiger partial charge in [0.2, 0.25) is 0 Å². The Labute approximate surface area is 94.5 Å². The number of thiophene rings is 1. The van der Waals surface area contributed by atoms with Crippen LogP contribution in [0.2, 0.25) is 0 Å². The molecule has 1 aromatic heterocycles. The van der Waals surface area contributed by atoms with Gasteiger partial charge in [0.15, 0.2) is 0 Å². The molecule has 0 aromatic carbocycles. The maximum absolute atomic E-state index is 6.26. The molecule has 78 valence electrons. The molecule has 2 rings (SSSR count). The molecule has 1 aromatic rings. The van der Waals surface area contributed by atoms with Crippen LogP contribution in [-0.4, -0.2) is 11.4 Å². The van der Waals surface area contributed by atoms with E-state index in [-0.39, 0.29) is 0 Å². The number of alkyl halides is 1. The van der Waals surface area contributed by atoms with Gasteiger partial charge in [-0.3, -0.25) is 0 Å². The van der Waals surface area contributed by atoms with Gasteiger partial charge in [-0.25, -0.2) is 0 Å². The van der Waals surface area contributed by atoms with Crippen LogP contribution in [0.3, 0.4) is 0 Å². The monoisotopic (exact) mass is 229 g/mol. The first-order chi connectivity index (χ1) is 6.86. The van der Waals surface area contributed by atoms with Crippen LogP contribution in [0, 0.1) is 0 Å². The van der Waals surface area contributed by atoms with E-state index in [0.29, 0.717) is 11.4 Å². The Kier molecular flexibility index (Phi) is 3.85. The highest BCUT2D eigenvalue weighted by Gasteiger charge is 2.22. The topological polar surface area (TPSA) is 12.0 Å². The number of hydrogen-bond donors (Lipinski definition) is 1. The minimum absolute atomic E-state index is 0.337. The van der Waals surface area contributed by atoms with Crippen molar-refractivity contribution in [2.24, 2.45) is 0 Å². The van der Waals surface area contributed by atoms with E-state index in [1.165, 1.54) is 30.6 Å². The molecule has 3 heteroatoms. The number of hydrogen-bond acceptors (Lipinski definition) is 2. The first-order valence-electron chi connectivity index (χ1n) is 5.26. The van der Waals surface area contributed by atoms with Crippen LogP contribution in [0.4, 0.5) is 0 Å². The molecule has 1 fully saturated rings. The standard InChI is InChI=1S/C11H16ClNS/c12-10-5-1-2-6-11(10)13-8-9-4-3-7-14-9/h3-4,7,10-11,13H,1-2,5-6,8H2. The van der Waals surface area contributed by atoms with Crippen LogP contribution in [0.1, 0.15) is 30.6 Å². The molecule has 14 heavy (non-hydrogen) atoms. The fourth-order valence-electron chi connectivity index (χ4n) is 1.96. The molecule has 1 aliphatic rings. The van der Waals surface area contributed by atoms with Gasteiger partial charge in [-0.2, -0.15) is 0 Å². The largest absolute Gasteiger partial charge is 0.308 e. The van der Waals surface area contributed by atoms with Gasteiger partial charge < -0.3 is 5.32 Å². The molecule has 2 atom stereocenters. The predicted octanol–water partition coefficient (Wildman–Crippen LogP) is 3.39. The molecule has 1 heterocycles. The fourth-order valence-corrected chi connectivity index (χ4v) is 2.99. The van der Waals surface area contributed by atoms with E-state index < -0.39 is 0 Å². The lowest BCUT2D eigenvalue weighted by molar-refractivity contribution is 0.379. The Bertz CT molecular complexity index is 260. The molecule has 0 radical (unpaired) electrons. The van der Waals surface area contributed by atoms with Crippen molar-refractivity contribution in [2.45, 2.75) is 43.6 Å². The van der Waals surface area contributed by atoms with E-state index in [1.54, 1.807) is 0 Å². The van der Waals surface area contributed by atoms with Crippen molar-refractivity contribution in [1.29, 1.82) is 0 Å². The van der Waals surface area contributed by atoms with Crippen molar-refractivity contribution in [1.82, 2.24) is 5.32 Å². The fraction of sp³-hybridized carbons (Fsp3) is 0.636. The summed E-state index contributed by atoms with van der Waals surface area (Å²) < 4.78 is 0. The molecule has 0 aliphatic heterocycles. The summed E-state index contributed by atoms with van der Waals surface area (Å²) in [5.74, 6) is 0. The van der Waals surface area contributed by atoms with Crippen molar-refractivity contribution in [3.8, 4) is 0 Å². The van der Waals surface area contributed by atoms with Gasteiger partial charge in [0.25, 0.3) is 0 Å². The molecular weight excluding hydrogens is 214 g/mol. The van der Waals surface area contributed by atoms with Crippen molar-refractivity contribution in [3.05, 3.63) is 22.4 Å². The summed E-state index contributed by atoms with van der Waals surface area (Å²) in [6.45, 7) is 0.978. The van der Waals surface area contributed by atoms with Gasteiger partial charge in [0.05, 0.1) is 0 Å². The van der Waals surface area contributed by atoms with Gasteiger partial charge in [-0.15, -0.1) is 22.9 Å². The SMILES string of the molecule is ClC1CCCCC1NCc1cccs1. The van der Waals surface area contributed by atoms with E-state index in [9.17, 15) is 0 Å². The van der Waals surface area contributed by atoms with Crippen LogP contribution in [0.15, 0.2) is 17.5 Å². The maximum atomic E-state index is 6.26. The first-order valence-corrected chi connectivity index (χ1v) is 6.58. The minimum Gasteiger partial charge on any atom is -0.308 e. The second kappa shape index (κ2) is 5.15. The number of nitrogens with one attached hydrogen (secondary N) is 1. The highest BCUT2D eigenvalue weighted by molar-refractivity contribution is 7.09. The van der Waals surface area contributed by atoms with E-state index in [0.717, 1.165) is 6.54 Å². The zero-order valence-electron chi connectivity index (χ0n) is 8.21. The lowest BCUT2D eigenvalue weighted by atomic mass is 9.95. The van der Waals surface area contributed by atoms with Gasteiger partial charge in [0.1, 0.15) is 0 Å². The summed E-state index contributed by atoms with van der Waals surface area (Å²) in [6.07, 6.45) is 5.03. The molecule has 1 saturated carbocycles. The second-order valence-corrected chi connectivity index (χ2v) is 5.46. The highest BCUT2D eigenvalue weighted by Crippen LogP contribution is 2.23. The highest BCUT2D eigenvalue weighted by atomic mass is 35.5. The van der Waals surface area contributed by atoms with Crippen LogP contribution in [0.5, 0.6) is 0 Å². The summed E-state index contributed by atoms with van der Waals surface area (Å²) in [4.78, 5) is 1.40. The Balaban J connectivity index is 1.79. The Hall–Kier alpha value is -0.0500. The van der Waals surface area contributed by atoms with Crippen molar-refractivity contribution in [3.63, 3.8) is 0 Å². The number of rotatable bonds is 3. The predicted molar refractivity (Wildman–Crippen MR) is 63.1 cm³/mol. The zero-order chi connectivity index (χ0) is 9.80. The van der Waals surface area contributed by atoms with Crippen molar-refractivity contribution in [2.75, 3.05) is 0 Å². The molecule has 1 N–H and O–H groups in total. The van der Waals surface area contributed by atoms with E-state index >= 15 is 0 Å². The summed E-state index contributed by atoms with van der Waals surface area (Å²) in [5, 5.41) is 6.01. The summed E-state index contributed by atoms with van der Waals surface area (Å²) in [5.41, 5.74) is 0. The third kappa shape index (κ3) is 2.72. The smallest absolute Gasteiger partial charge is 0.0489 e. The minimum atomic E-state index is 0.337. The molecular formula is C11H16ClNS. The van der Waals surface area contributed by atoms with Crippen LogP contribution >= 0.6 is 22.9 Å². The molecule has 0 bridgehead atoms.